The molecule has 0 aliphatic carbocycles. The number of aromatic nitrogens is 3. The maximum atomic E-state index is 13.7. The summed E-state index contributed by atoms with van der Waals surface area (Å²) in [6.45, 7) is 3.45. The summed E-state index contributed by atoms with van der Waals surface area (Å²) < 4.78 is 46.2. The molecular weight excluding hydrogens is 425 g/mol. The van der Waals surface area contributed by atoms with Crippen molar-refractivity contribution in [3.05, 3.63) is 64.2 Å². The number of methoxy groups -OCH3 is 1. The van der Waals surface area contributed by atoms with Crippen LogP contribution in [0.3, 0.4) is 0 Å². The predicted molar refractivity (Wildman–Crippen MR) is 112 cm³/mol. The highest BCUT2D eigenvalue weighted by atomic mass is 19.4. The van der Waals surface area contributed by atoms with Crippen molar-refractivity contribution in [1.29, 1.82) is 0 Å². The molecule has 0 fully saturated rings. The zero-order valence-corrected chi connectivity index (χ0v) is 17.6. The van der Waals surface area contributed by atoms with Gasteiger partial charge in [0.1, 0.15) is 11.6 Å². The number of pyridine rings is 1. The molecule has 2 heterocycles. The minimum absolute atomic E-state index is 0.0336. The fourth-order valence-electron chi connectivity index (χ4n) is 2.94. The lowest BCUT2D eigenvalue weighted by molar-refractivity contribution is -0.137. The van der Waals surface area contributed by atoms with E-state index in [4.69, 9.17) is 4.74 Å². The third-order valence-electron chi connectivity index (χ3n) is 4.62. The van der Waals surface area contributed by atoms with Crippen LogP contribution >= 0.6 is 0 Å². The smallest absolute Gasteiger partial charge is 0.417 e. The maximum Gasteiger partial charge on any atom is 0.417 e. The number of hydrogen-bond donors (Lipinski definition) is 2. The monoisotopic (exact) mass is 446 g/mol. The van der Waals surface area contributed by atoms with E-state index in [1.165, 1.54) is 37.7 Å². The molecular formula is C22H21F3N4O3. The van der Waals surface area contributed by atoms with Crippen molar-refractivity contribution in [2.45, 2.75) is 26.6 Å². The van der Waals surface area contributed by atoms with E-state index in [1.807, 2.05) is 0 Å². The highest BCUT2D eigenvalue weighted by Crippen LogP contribution is 2.36. The number of aromatic amines is 1. The quantitative estimate of drug-likeness (QED) is 0.601. The molecule has 1 aromatic carbocycles. The van der Waals surface area contributed by atoms with Gasteiger partial charge in [-0.25, -0.2) is 4.98 Å². The second-order valence-electron chi connectivity index (χ2n) is 7.34. The van der Waals surface area contributed by atoms with Crippen molar-refractivity contribution < 1.29 is 22.7 Å². The van der Waals surface area contributed by atoms with Crippen LogP contribution in [0, 0.1) is 5.92 Å². The van der Waals surface area contributed by atoms with Crippen LogP contribution in [0.2, 0.25) is 0 Å². The molecule has 32 heavy (non-hydrogen) atoms. The van der Waals surface area contributed by atoms with Gasteiger partial charge in [-0.3, -0.25) is 14.6 Å². The van der Waals surface area contributed by atoms with E-state index in [-0.39, 0.29) is 35.5 Å². The predicted octanol–water partition coefficient (Wildman–Crippen LogP) is 3.80. The molecule has 10 heteroatoms. The molecule has 0 saturated heterocycles. The van der Waals surface area contributed by atoms with E-state index in [1.54, 1.807) is 19.9 Å². The molecule has 0 aliphatic rings. The highest BCUT2D eigenvalue weighted by Gasteiger charge is 2.34. The summed E-state index contributed by atoms with van der Waals surface area (Å²) in [6.07, 6.45) is -1.80. The lowest BCUT2D eigenvalue weighted by atomic mass is 10.0. The van der Waals surface area contributed by atoms with Crippen LogP contribution in [-0.4, -0.2) is 28.0 Å². The van der Waals surface area contributed by atoms with Crippen molar-refractivity contribution in [2.75, 3.05) is 7.11 Å². The summed E-state index contributed by atoms with van der Waals surface area (Å²) in [6, 6.07) is 6.18. The van der Waals surface area contributed by atoms with Crippen LogP contribution in [0.15, 0.2) is 47.5 Å². The fourth-order valence-corrected chi connectivity index (χ4v) is 2.94. The first-order valence-corrected chi connectivity index (χ1v) is 9.67. The number of carbonyl (C=O) groups is 1. The minimum atomic E-state index is -4.68. The Morgan fingerprint density at radius 3 is 2.59 bits per heavy atom. The molecule has 2 N–H and O–H groups in total. The van der Waals surface area contributed by atoms with Gasteiger partial charge in [-0.1, -0.05) is 19.9 Å². The first kappa shape index (κ1) is 23.0. The summed E-state index contributed by atoms with van der Waals surface area (Å²) in [5, 5.41) is 2.66. The SMILES string of the molecule is COc1cncc(-c2cc(=O)[nH]c(-c3cc(CNC(=O)C(C)C)ccc3C(F)(F)F)n2)c1. The molecule has 2 aromatic heterocycles. The van der Waals surface area contributed by atoms with Gasteiger partial charge in [-0.05, 0) is 23.8 Å². The number of nitrogens with zero attached hydrogens (tertiary/aromatic N) is 2. The van der Waals surface area contributed by atoms with E-state index >= 15 is 0 Å². The molecule has 0 atom stereocenters. The van der Waals surface area contributed by atoms with E-state index < -0.39 is 17.3 Å². The van der Waals surface area contributed by atoms with Crippen LogP contribution < -0.4 is 15.6 Å². The lowest BCUT2D eigenvalue weighted by Gasteiger charge is -2.15. The van der Waals surface area contributed by atoms with Gasteiger partial charge in [0, 0.05) is 35.9 Å². The summed E-state index contributed by atoms with van der Waals surface area (Å²) in [7, 11) is 1.44. The molecule has 0 aliphatic heterocycles. The number of nitrogens with one attached hydrogen (secondary N) is 2. The minimum Gasteiger partial charge on any atom is -0.495 e. The van der Waals surface area contributed by atoms with Crippen molar-refractivity contribution in [3.63, 3.8) is 0 Å². The number of rotatable bonds is 6. The summed E-state index contributed by atoms with van der Waals surface area (Å²) in [5.41, 5.74) is -0.908. The summed E-state index contributed by atoms with van der Waals surface area (Å²) in [5.74, 6) is -0.342. The number of halogens is 3. The zero-order valence-electron chi connectivity index (χ0n) is 17.6. The van der Waals surface area contributed by atoms with Gasteiger partial charge in [0.15, 0.2) is 0 Å². The van der Waals surface area contributed by atoms with Gasteiger partial charge in [0.2, 0.25) is 5.91 Å². The van der Waals surface area contributed by atoms with E-state index in [2.05, 4.69) is 20.3 Å². The summed E-state index contributed by atoms with van der Waals surface area (Å²) >= 11 is 0. The van der Waals surface area contributed by atoms with Crippen LogP contribution in [0.5, 0.6) is 5.75 Å². The van der Waals surface area contributed by atoms with Crippen molar-refractivity contribution >= 4 is 5.91 Å². The van der Waals surface area contributed by atoms with E-state index in [9.17, 15) is 22.8 Å². The molecule has 0 bridgehead atoms. The molecule has 1 amide bonds. The van der Waals surface area contributed by atoms with Crippen molar-refractivity contribution in [1.82, 2.24) is 20.3 Å². The standard InChI is InChI=1S/C22H21F3N4O3/c1-12(2)21(31)27-9-13-4-5-17(22(23,24)25)16(6-13)20-28-18(8-19(30)29-20)14-7-15(32-3)11-26-10-14/h4-8,10-12H,9H2,1-3H3,(H,27,31)(H,28,29,30). The fraction of sp³-hybridized carbons (Fsp3) is 0.273. The van der Waals surface area contributed by atoms with Crippen LogP contribution in [-0.2, 0) is 17.5 Å². The van der Waals surface area contributed by atoms with Crippen LogP contribution in [0.25, 0.3) is 22.6 Å². The Bertz CT molecular complexity index is 1190. The Kier molecular flexibility index (Phi) is 6.61. The number of alkyl halides is 3. The third-order valence-corrected chi connectivity index (χ3v) is 4.62. The third kappa shape index (κ3) is 5.32. The van der Waals surface area contributed by atoms with Crippen LogP contribution in [0.1, 0.15) is 25.0 Å². The maximum absolute atomic E-state index is 13.7. The Balaban J connectivity index is 2.10. The number of hydrogen-bond acceptors (Lipinski definition) is 5. The van der Waals surface area contributed by atoms with Gasteiger partial charge in [0.25, 0.3) is 5.56 Å². The number of carbonyl (C=O) groups excluding carboxylic acids is 1. The zero-order chi connectivity index (χ0) is 23.5. The van der Waals surface area contributed by atoms with Crippen LogP contribution in [0.4, 0.5) is 13.2 Å². The van der Waals surface area contributed by atoms with Crippen molar-refractivity contribution in [3.8, 4) is 28.4 Å². The average molecular weight is 446 g/mol. The highest BCUT2D eigenvalue weighted by molar-refractivity contribution is 5.78. The number of benzene rings is 1. The number of amides is 1. The first-order valence-electron chi connectivity index (χ1n) is 9.67. The van der Waals surface area contributed by atoms with Gasteiger partial charge in [0.05, 0.1) is 24.6 Å². The molecule has 0 spiro atoms. The van der Waals surface area contributed by atoms with Gasteiger partial charge < -0.3 is 15.0 Å². The molecule has 7 nitrogen and oxygen atoms in total. The van der Waals surface area contributed by atoms with E-state index in [0.717, 1.165) is 6.07 Å². The average Bonchev–Trinajstić information content (AvgIpc) is 2.76. The Labute approximate surface area is 181 Å². The molecule has 0 unspecified atom stereocenters. The summed E-state index contributed by atoms with van der Waals surface area (Å²) in [4.78, 5) is 34.7. The Morgan fingerprint density at radius 2 is 1.94 bits per heavy atom. The molecule has 0 saturated carbocycles. The second-order valence-corrected chi connectivity index (χ2v) is 7.34. The lowest BCUT2D eigenvalue weighted by Crippen LogP contribution is -2.27. The molecule has 0 radical (unpaired) electrons. The topological polar surface area (TPSA) is 97.0 Å². The number of ether oxygens (including phenoxy) is 1. The molecule has 168 valence electrons. The second kappa shape index (κ2) is 9.21. The van der Waals surface area contributed by atoms with Gasteiger partial charge in [-0.15, -0.1) is 0 Å². The van der Waals surface area contributed by atoms with Gasteiger partial charge >= 0.3 is 6.18 Å². The molecule has 3 rings (SSSR count). The normalized spacial score (nSPS) is 11.5. The molecule has 3 aromatic rings. The largest absolute Gasteiger partial charge is 0.495 e. The Hall–Kier alpha value is -3.69. The van der Waals surface area contributed by atoms with E-state index in [0.29, 0.717) is 16.9 Å². The number of H-pyrrole nitrogens is 1. The van der Waals surface area contributed by atoms with Crippen molar-refractivity contribution in [2.24, 2.45) is 5.92 Å². The first-order chi connectivity index (χ1) is 15.1. The Morgan fingerprint density at radius 1 is 1.19 bits per heavy atom. The van der Waals surface area contributed by atoms with Gasteiger partial charge in [-0.2, -0.15) is 13.2 Å².